The number of amides is 2. The first-order chi connectivity index (χ1) is 15.8. The maximum Gasteiger partial charge on any atom is 0.338 e. The van der Waals surface area contributed by atoms with Gasteiger partial charge in [-0.2, -0.15) is 0 Å². The van der Waals surface area contributed by atoms with Crippen LogP contribution in [0.25, 0.3) is 0 Å². The molecule has 33 heavy (non-hydrogen) atoms. The van der Waals surface area contributed by atoms with Gasteiger partial charge in [-0.05, 0) is 54.6 Å². The van der Waals surface area contributed by atoms with E-state index in [0.29, 0.717) is 11.1 Å². The van der Waals surface area contributed by atoms with E-state index in [4.69, 9.17) is 4.74 Å². The van der Waals surface area contributed by atoms with Crippen LogP contribution in [0.3, 0.4) is 0 Å². The van der Waals surface area contributed by atoms with Crippen molar-refractivity contribution in [2.45, 2.75) is 4.90 Å². The maximum atomic E-state index is 13.0. The average Bonchev–Trinajstić information content (AvgIpc) is 3.05. The van der Waals surface area contributed by atoms with Gasteiger partial charge in [0, 0.05) is 5.69 Å². The Morgan fingerprint density at radius 1 is 0.909 bits per heavy atom. The highest BCUT2D eigenvalue weighted by atomic mass is 32.2. The molecule has 168 valence electrons. The summed E-state index contributed by atoms with van der Waals surface area (Å²) in [6.07, 6.45) is 0. The van der Waals surface area contributed by atoms with Gasteiger partial charge >= 0.3 is 5.97 Å². The first-order valence-corrected chi connectivity index (χ1v) is 11.3. The van der Waals surface area contributed by atoms with E-state index in [0.717, 1.165) is 23.1 Å². The molecule has 0 atom stereocenters. The molecule has 8 nitrogen and oxygen atoms in total. The van der Waals surface area contributed by atoms with Crippen LogP contribution in [-0.2, 0) is 14.8 Å². The maximum absolute atomic E-state index is 13.0. The number of anilines is 1. The van der Waals surface area contributed by atoms with Crippen molar-refractivity contribution in [3.8, 4) is 0 Å². The summed E-state index contributed by atoms with van der Waals surface area (Å²) < 4.78 is 45.7. The number of imide groups is 1. The van der Waals surface area contributed by atoms with Gasteiger partial charge in [0.05, 0.1) is 28.1 Å². The molecule has 2 amide bonds. The first-order valence-electron chi connectivity index (χ1n) is 9.77. The summed E-state index contributed by atoms with van der Waals surface area (Å²) in [4.78, 5) is 37.9. The fourth-order valence-electron chi connectivity index (χ4n) is 3.28. The molecule has 3 aromatic rings. The Hall–Kier alpha value is -4.05. The van der Waals surface area contributed by atoms with Crippen LogP contribution in [-0.4, -0.2) is 44.3 Å². The van der Waals surface area contributed by atoms with Gasteiger partial charge in [0.25, 0.3) is 21.8 Å². The number of halogens is 1. The number of rotatable bonds is 7. The van der Waals surface area contributed by atoms with Gasteiger partial charge in [-0.1, -0.05) is 18.2 Å². The van der Waals surface area contributed by atoms with Crippen molar-refractivity contribution in [3.63, 3.8) is 0 Å². The van der Waals surface area contributed by atoms with E-state index >= 15 is 0 Å². The smallest absolute Gasteiger partial charge is 0.338 e. The summed E-state index contributed by atoms with van der Waals surface area (Å²) in [5.41, 5.74) is 0.713. The third-order valence-electron chi connectivity index (χ3n) is 4.90. The molecule has 0 saturated heterocycles. The Balaban J connectivity index is 1.39. The molecule has 0 fully saturated rings. The van der Waals surface area contributed by atoms with Gasteiger partial charge in [-0.25, -0.2) is 17.6 Å². The zero-order valence-electron chi connectivity index (χ0n) is 17.0. The molecular formula is C23H17FN2O6S. The van der Waals surface area contributed by atoms with E-state index in [1.165, 1.54) is 30.3 Å². The van der Waals surface area contributed by atoms with Gasteiger partial charge in [-0.3, -0.25) is 19.2 Å². The summed E-state index contributed by atoms with van der Waals surface area (Å²) in [5, 5.41) is 0. The lowest BCUT2D eigenvalue weighted by Crippen LogP contribution is -2.33. The fraction of sp³-hybridized carbons (Fsp3) is 0.0870. The second-order valence-electron chi connectivity index (χ2n) is 7.08. The minimum Gasteiger partial charge on any atom is -0.460 e. The fourth-order valence-corrected chi connectivity index (χ4v) is 4.38. The number of carbonyl (C=O) groups excluding carboxylic acids is 3. The van der Waals surface area contributed by atoms with Crippen LogP contribution in [0.4, 0.5) is 10.1 Å². The van der Waals surface area contributed by atoms with Crippen LogP contribution in [0.2, 0.25) is 0 Å². The molecule has 0 aliphatic carbocycles. The zero-order valence-corrected chi connectivity index (χ0v) is 17.8. The van der Waals surface area contributed by atoms with Crippen molar-refractivity contribution in [2.24, 2.45) is 0 Å². The number of carbonyl (C=O) groups is 3. The third kappa shape index (κ3) is 4.60. The molecule has 0 bridgehead atoms. The lowest BCUT2D eigenvalue weighted by Gasteiger charge is -2.14. The molecule has 0 spiro atoms. The van der Waals surface area contributed by atoms with E-state index in [-0.39, 0.29) is 29.3 Å². The van der Waals surface area contributed by atoms with Crippen molar-refractivity contribution in [1.82, 2.24) is 4.90 Å². The summed E-state index contributed by atoms with van der Waals surface area (Å²) in [5.74, 6) is -2.26. The normalized spacial score (nSPS) is 13.1. The zero-order chi connectivity index (χ0) is 23.6. The molecule has 1 heterocycles. The van der Waals surface area contributed by atoms with E-state index in [9.17, 15) is 27.2 Å². The van der Waals surface area contributed by atoms with Crippen LogP contribution in [0, 0.1) is 5.82 Å². The number of hydrogen-bond donors (Lipinski definition) is 1. The molecule has 0 aromatic heterocycles. The van der Waals surface area contributed by atoms with E-state index in [1.807, 2.05) is 0 Å². The topological polar surface area (TPSA) is 110 Å². The molecule has 0 radical (unpaired) electrons. The van der Waals surface area contributed by atoms with Gasteiger partial charge < -0.3 is 4.74 Å². The number of benzene rings is 3. The molecule has 0 unspecified atom stereocenters. The summed E-state index contributed by atoms with van der Waals surface area (Å²) >= 11 is 0. The predicted octanol–water partition coefficient (Wildman–Crippen LogP) is 3.08. The van der Waals surface area contributed by atoms with Crippen molar-refractivity contribution in [1.29, 1.82) is 0 Å². The molecule has 1 aliphatic heterocycles. The Kier molecular flexibility index (Phi) is 5.93. The van der Waals surface area contributed by atoms with Crippen LogP contribution in [0.15, 0.2) is 77.7 Å². The quantitative estimate of drug-likeness (QED) is 0.422. The largest absolute Gasteiger partial charge is 0.460 e. The monoisotopic (exact) mass is 468 g/mol. The number of nitrogens with one attached hydrogen (secondary N) is 1. The highest BCUT2D eigenvalue weighted by molar-refractivity contribution is 7.92. The van der Waals surface area contributed by atoms with Crippen LogP contribution in [0.5, 0.6) is 0 Å². The molecule has 1 aliphatic rings. The van der Waals surface area contributed by atoms with Crippen LogP contribution in [0.1, 0.15) is 31.1 Å². The number of fused-ring (bicyclic) bond motifs is 1. The Morgan fingerprint density at radius 2 is 1.55 bits per heavy atom. The second-order valence-corrected chi connectivity index (χ2v) is 8.77. The second kappa shape index (κ2) is 8.83. The van der Waals surface area contributed by atoms with E-state index in [1.54, 1.807) is 24.3 Å². The lowest BCUT2D eigenvalue weighted by molar-refractivity contribution is 0.0420. The number of esters is 1. The number of nitrogens with zero attached hydrogens (tertiary/aromatic N) is 1. The molecular weight excluding hydrogens is 451 g/mol. The number of sulfonamides is 1. The Bertz CT molecular complexity index is 1320. The number of hydrogen-bond acceptors (Lipinski definition) is 6. The van der Waals surface area contributed by atoms with Gasteiger partial charge in [-0.15, -0.1) is 0 Å². The van der Waals surface area contributed by atoms with Crippen LogP contribution < -0.4 is 4.72 Å². The first kappa shape index (κ1) is 22.2. The van der Waals surface area contributed by atoms with Crippen molar-refractivity contribution in [3.05, 3.63) is 95.3 Å². The predicted molar refractivity (Wildman–Crippen MR) is 116 cm³/mol. The minimum absolute atomic E-state index is 0.0284. The minimum atomic E-state index is -4.04. The van der Waals surface area contributed by atoms with Crippen molar-refractivity contribution in [2.75, 3.05) is 17.9 Å². The SMILES string of the molecule is O=C(OCCN1C(=O)c2ccccc2C1=O)c1cccc(S(=O)(=O)Nc2ccc(F)cc2)c1. The molecule has 1 N–H and O–H groups in total. The van der Waals surface area contributed by atoms with Crippen molar-refractivity contribution >= 4 is 33.5 Å². The van der Waals surface area contributed by atoms with Crippen LogP contribution >= 0.6 is 0 Å². The summed E-state index contributed by atoms with van der Waals surface area (Å²) in [6, 6.07) is 16.3. The van der Waals surface area contributed by atoms with Gasteiger partial charge in [0.15, 0.2) is 0 Å². The summed E-state index contributed by atoms with van der Waals surface area (Å²) in [6.45, 7) is -0.392. The van der Waals surface area contributed by atoms with Gasteiger partial charge in [0.1, 0.15) is 12.4 Å². The third-order valence-corrected chi connectivity index (χ3v) is 6.28. The highest BCUT2D eigenvalue weighted by Crippen LogP contribution is 2.22. The Labute approximate surface area is 188 Å². The molecule has 10 heteroatoms. The Morgan fingerprint density at radius 3 is 2.18 bits per heavy atom. The lowest BCUT2D eigenvalue weighted by atomic mass is 10.1. The standard InChI is InChI=1S/C23H17FN2O6S/c24-16-8-10-17(11-9-16)25-33(30,31)18-5-3-4-15(14-18)23(29)32-13-12-26-21(27)19-6-1-2-7-20(19)22(26)28/h1-11,14,25H,12-13H2. The summed E-state index contributed by atoms with van der Waals surface area (Å²) in [7, 11) is -4.04. The van der Waals surface area contributed by atoms with Gasteiger partial charge in [0.2, 0.25) is 0 Å². The molecule has 4 rings (SSSR count). The average molecular weight is 468 g/mol. The molecule has 0 saturated carbocycles. The van der Waals surface area contributed by atoms with E-state index < -0.39 is 33.6 Å². The van der Waals surface area contributed by atoms with Crippen molar-refractivity contribution < 1.29 is 31.9 Å². The molecule has 3 aromatic carbocycles. The van der Waals surface area contributed by atoms with E-state index in [2.05, 4.69) is 4.72 Å². The number of ether oxygens (including phenoxy) is 1. The highest BCUT2D eigenvalue weighted by Gasteiger charge is 2.34.